The lowest BCUT2D eigenvalue weighted by Gasteiger charge is -2.54. The molecule has 2 N–H and O–H groups in total. The fourth-order valence-corrected chi connectivity index (χ4v) is 5.25. The zero-order valence-electron chi connectivity index (χ0n) is 13.5. The second kappa shape index (κ2) is 5.68. The number of hydrogen-bond acceptors (Lipinski definition) is 3. The average molecular weight is 308 g/mol. The Morgan fingerprint density at radius 2 is 2.05 bits per heavy atom. The molecule has 0 aromatic rings. The van der Waals surface area contributed by atoms with Gasteiger partial charge in [0.15, 0.2) is 0 Å². The molecule has 0 aromatic heterocycles. The molecule has 2 heterocycles. The first-order valence-corrected chi connectivity index (χ1v) is 9.05. The van der Waals surface area contributed by atoms with Crippen molar-refractivity contribution >= 4 is 6.03 Å². The molecule has 124 valence electrons. The minimum atomic E-state index is -0.00706. The fourth-order valence-electron chi connectivity index (χ4n) is 5.25. The van der Waals surface area contributed by atoms with Gasteiger partial charge < -0.3 is 20.1 Å². The number of fused-ring (bicyclic) bond motifs is 2. The van der Waals surface area contributed by atoms with E-state index in [0.29, 0.717) is 12.2 Å². The summed E-state index contributed by atoms with van der Waals surface area (Å²) in [5, 5.41) is 6.39. The number of carbonyl (C=O) groups excluding carboxylic acids is 1. The van der Waals surface area contributed by atoms with Gasteiger partial charge in [-0.05, 0) is 45.4 Å². The molecule has 2 aliphatic carbocycles. The Morgan fingerprint density at radius 1 is 1.23 bits per heavy atom. The molecular weight excluding hydrogens is 280 g/mol. The average Bonchev–Trinajstić information content (AvgIpc) is 3.23. The number of urea groups is 1. The fraction of sp³-hybridized carbons (Fsp3) is 0.941. The Balaban J connectivity index is 1.32. The molecule has 1 spiro atoms. The van der Waals surface area contributed by atoms with Crippen molar-refractivity contribution in [3.8, 4) is 0 Å². The minimum Gasteiger partial charge on any atom is -0.378 e. The minimum absolute atomic E-state index is 0.00706. The van der Waals surface area contributed by atoms with Crippen molar-refractivity contribution < 1.29 is 14.3 Å². The lowest BCUT2D eigenvalue weighted by Crippen LogP contribution is -2.65. The van der Waals surface area contributed by atoms with Crippen LogP contribution in [0.1, 0.15) is 58.3 Å². The highest BCUT2D eigenvalue weighted by molar-refractivity contribution is 5.75. The van der Waals surface area contributed by atoms with Crippen LogP contribution >= 0.6 is 0 Å². The van der Waals surface area contributed by atoms with E-state index in [1.807, 2.05) is 0 Å². The topological polar surface area (TPSA) is 59.6 Å². The SMILES string of the molecule is CCO[C@@H]1C[C@@H](NC(=O)N[C@H]2C[C@H]3CC[C@H]2O3)C12CCCC2. The van der Waals surface area contributed by atoms with E-state index in [1.165, 1.54) is 25.7 Å². The highest BCUT2D eigenvalue weighted by Gasteiger charge is 2.57. The van der Waals surface area contributed by atoms with Crippen molar-refractivity contribution in [3.05, 3.63) is 0 Å². The van der Waals surface area contributed by atoms with Gasteiger partial charge in [0.1, 0.15) is 0 Å². The molecule has 4 fully saturated rings. The van der Waals surface area contributed by atoms with Gasteiger partial charge in [-0.15, -0.1) is 0 Å². The van der Waals surface area contributed by atoms with E-state index in [1.54, 1.807) is 0 Å². The quantitative estimate of drug-likeness (QED) is 0.838. The molecule has 5 atom stereocenters. The van der Waals surface area contributed by atoms with Crippen LogP contribution in [-0.2, 0) is 9.47 Å². The van der Waals surface area contributed by atoms with Gasteiger partial charge in [0.25, 0.3) is 0 Å². The predicted octanol–water partition coefficient (Wildman–Crippen LogP) is 2.34. The maximum absolute atomic E-state index is 12.4. The molecule has 5 nitrogen and oxygen atoms in total. The zero-order valence-corrected chi connectivity index (χ0v) is 13.5. The number of rotatable bonds is 4. The third-order valence-corrected chi connectivity index (χ3v) is 6.42. The number of nitrogens with one attached hydrogen (secondary N) is 2. The second-order valence-corrected chi connectivity index (χ2v) is 7.51. The maximum Gasteiger partial charge on any atom is 0.315 e. The van der Waals surface area contributed by atoms with Crippen molar-refractivity contribution in [2.75, 3.05) is 6.61 Å². The summed E-state index contributed by atoms with van der Waals surface area (Å²) in [6.07, 6.45) is 10.1. The summed E-state index contributed by atoms with van der Waals surface area (Å²) in [6.45, 7) is 2.83. The van der Waals surface area contributed by atoms with Crippen LogP contribution in [0.2, 0.25) is 0 Å². The molecule has 2 saturated carbocycles. The lowest BCUT2D eigenvalue weighted by molar-refractivity contribution is -0.126. The Kier molecular flexibility index (Phi) is 3.81. The van der Waals surface area contributed by atoms with Crippen molar-refractivity contribution in [1.82, 2.24) is 10.6 Å². The molecule has 0 aromatic carbocycles. The number of amides is 2. The van der Waals surface area contributed by atoms with E-state index in [2.05, 4.69) is 17.6 Å². The second-order valence-electron chi connectivity index (χ2n) is 7.51. The van der Waals surface area contributed by atoms with E-state index < -0.39 is 0 Å². The van der Waals surface area contributed by atoms with Gasteiger partial charge >= 0.3 is 6.03 Å². The monoisotopic (exact) mass is 308 g/mol. The summed E-state index contributed by atoms with van der Waals surface area (Å²) in [4.78, 5) is 12.4. The van der Waals surface area contributed by atoms with Crippen LogP contribution in [-0.4, -0.2) is 43.0 Å². The van der Waals surface area contributed by atoms with Crippen LogP contribution in [0.4, 0.5) is 4.79 Å². The van der Waals surface area contributed by atoms with Crippen LogP contribution in [0.25, 0.3) is 0 Å². The lowest BCUT2D eigenvalue weighted by atomic mass is 9.60. The van der Waals surface area contributed by atoms with Crippen molar-refractivity contribution in [3.63, 3.8) is 0 Å². The van der Waals surface area contributed by atoms with E-state index >= 15 is 0 Å². The first-order valence-electron chi connectivity index (χ1n) is 9.05. The summed E-state index contributed by atoms with van der Waals surface area (Å²) < 4.78 is 11.7. The standard InChI is InChI=1S/C17H28N2O3/c1-2-21-15-10-14(17(15)7-3-4-8-17)19-16(20)18-12-9-11-5-6-13(12)22-11/h11-15H,2-10H2,1H3,(H2,18,19,20)/t11-,12+,13-,14-,15-/m1/s1. The van der Waals surface area contributed by atoms with E-state index in [4.69, 9.17) is 9.47 Å². The molecule has 2 amide bonds. The molecule has 2 bridgehead atoms. The largest absolute Gasteiger partial charge is 0.378 e. The summed E-state index contributed by atoms with van der Waals surface area (Å²) in [5.41, 5.74) is 0.207. The molecule has 5 heteroatoms. The van der Waals surface area contributed by atoms with Crippen LogP contribution in [0.15, 0.2) is 0 Å². The van der Waals surface area contributed by atoms with Crippen LogP contribution in [0.3, 0.4) is 0 Å². The molecule has 2 saturated heterocycles. The van der Waals surface area contributed by atoms with Gasteiger partial charge in [-0.1, -0.05) is 12.8 Å². The molecule has 4 aliphatic rings. The highest BCUT2D eigenvalue weighted by atomic mass is 16.5. The molecule has 22 heavy (non-hydrogen) atoms. The summed E-state index contributed by atoms with van der Waals surface area (Å²) in [5.74, 6) is 0. The third kappa shape index (κ3) is 2.33. The Hall–Kier alpha value is -0.810. The van der Waals surface area contributed by atoms with Crippen LogP contribution in [0, 0.1) is 5.41 Å². The van der Waals surface area contributed by atoms with E-state index in [0.717, 1.165) is 32.3 Å². The molecular formula is C17H28N2O3. The molecule has 0 radical (unpaired) electrons. The summed E-state index contributed by atoms with van der Waals surface area (Å²) in [7, 11) is 0. The smallest absolute Gasteiger partial charge is 0.315 e. The van der Waals surface area contributed by atoms with Crippen molar-refractivity contribution in [1.29, 1.82) is 0 Å². The van der Waals surface area contributed by atoms with Gasteiger partial charge in [0.05, 0.1) is 24.4 Å². The van der Waals surface area contributed by atoms with E-state index in [-0.39, 0.29) is 29.6 Å². The molecule has 2 aliphatic heterocycles. The number of carbonyl (C=O) groups is 1. The first kappa shape index (κ1) is 14.8. The number of hydrogen-bond donors (Lipinski definition) is 2. The van der Waals surface area contributed by atoms with E-state index in [9.17, 15) is 4.79 Å². The number of ether oxygens (including phenoxy) is 2. The Morgan fingerprint density at radius 3 is 2.68 bits per heavy atom. The van der Waals surface area contributed by atoms with Crippen LogP contribution < -0.4 is 10.6 Å². The van der Waals surface area contributed by atoms with Crippen molar-refractivity contribution in [2.45, 2.75) is 88.7 Å². The Labute approximate surface area is 132 Å². The molecule has 0 unspecified atom stereocenters. The van der Waals surface area contributed by atoms with Gasteiger partial charge in [-0.2, -0.15) is 0 Å². The normalized spacial score (nSPS) is 41.6. The zero-order chi connectivity index (χ0) is 15.2. The third-order valence-electron chi connectivity index (χ3n) is 6.42. The molecule has 4 rings (SSSR count). The van der Waals surface area contributed by atoms with Gasteiger partial charge in [0.2, 0.25) is 0 Å². The predicted molar refractivity (Wildman–Crippen MR) is 82.7 cm³/mol. The van der Waals surface area contributed by atoms with Gasteiger partial charge in [-0.3, -0.25) is 0 Å². The van der Waals surface area contributed by atoms with Gasteiger partial charge in [0, 0.05) is 18.1 Å². The first-order chi connectivity index (χ1) is 10.7. The Bertz CT molecular complexity index is 436. The van der Waals surface area contributed by atoms with Crippen molar-refractivity contribution in [2.24, 2.45) is 5.41 Å². The van der Waals surface area contributed by atoms with Gasteiger partial charge in [-0.25, -0.2) is 4.79 Å². The van der Waals surface area contributed by atoms with Crippen LogP contribution in [0.5, 0.6) is 0 Å². The maximum atomic E-state index is 12.4. The summed E-state index contributed by atoms with van der Waals surface area (Å²) in [6, 6.07) is 0.486. The summed E-state index contributed by atoms with van der Waals surface area (Å²) >= 11 is 0. The highest BCUT2D eigenvalue weighted by Crippen LogP contribution is 2.54.